The number of nitrogens with zero attached hydrogens (tertiary/aromatic N) is 1. The van der Waals surface area contributed by atoms with Crippen molar-refractivity contribution in [2.45, 2.75) is 61.6 Å². The molecule has 8 nitrogen and oxygen atoms in total. The van der Waals surface area contributed by atoms with Gasteiger partial charge in [-0.15, -0.1) is 11.8 Å². The standard InChI is InChI=1S/C30H37N3O5S/c1-3-38-22-13-11-21(12-14-22)32-26(35)23-24-28(37)33(17-7-8-18-34)25(30(24)16-15-29(23,2)39-30)27(36)31-19-20-9-5-4-6-10-20/h4-6,9-14,23-25,34H,3,7-8,15-19H2,1-2H3,(H,31,36)(H,32,35)/t23-,24+,25?,29+,30?/m1/s1. The summed E-state index contributed by atoms with van der Waals surface area (Å²) in [5.74, 6) is -0.896. The molecule has 3 heterocycles. The molecule has 3 saturated heterocycles. The third-order valence-electron chi connectivity index (χ3n) is 8.36. The number of aliphatic hydroxyl groups excluding tert-OH is 1. The van der Waals surface area contributed by atoms with E-state index in [1.165, 1.54) is 0 Å². The van der Waals surface area contributed by atoms with E-state index in [2.05, 4.69) is 17.6 Å². The molecule has 2 bridgehead atoms. The fourth-order valence-corrected chi connectivity index (χ4v) is 9.02. The average Bonchev–Trinajstić information content (AvgIpc) is 3.50. The van der Waals surface area contributed by atoms with Crippen LogP contribution in [0.25, 0.3) is 0 Å². The maximum Gasteiger partial charge on any atom is 0.244 e. The van der Waals surface area contributed by atoms with Crippen LogP contribution >= 0.6 is 11.8 Å². The normalized spacial score (nSPS) is 28.8. The van der Waals surface area contributed by atoms with Crippen LogP contribution in [0.15, 0.2) is 54.6 Å². The number of carbonyl (C=O) groups is 3. The number of carbonyl (C=O) groups excluding carboxylic acids is 3. The van der Waals surface area contributed by atoms with Gasteiger partial charge in [0.05, 0.1) is 23.2 Å². The zero-order valence-corrected chi connectivity index (χ0v) is 23.3. The second kappa shape index (κ2) is 11.2. The van der Waals surface area contributed by atoms with Crippen LogP contribution in [-0.2, 0) is 20.9 Å². The van der Waals surface area contributed by atoms with E-state index < -0.39 is 27.4 Å². The first-order chi connectivity index (χ1) is 18.8. The van der Waals surface area contributed by atoms with E-state index in [0.717, 1.165) is 17.7 Å². The molecule has 5 atom stereocenters. The monoisotopic (exact) mass is 551 g/mol. The number of anilines is 1. The lowest BCUT2D eigenvalue weighted by Crippen LogP contribution is -2.53. The molecule has 3 aliphatic rings. The maximum atomic E-state index is 14.1. The first kappa shape index (κ1) is 27.5. The second-order valence-electron chi connectivity index (χ2n) is 10.8. The minimum atomic E-state index is -0.660. The molecular formula is C30H37N3O5S. The molecule has 5 rings (SSSR count). The molecule has 0 aromatic heterocycles. The van der Waals surface area contributed by atoms with Crippen LogP contribution in [0, 0.1) is 11.8 Å². The number of benzene rings is 2. The van der Waals surface area contributed by atoms with E-state index >= 15 is 0 Å². The first-order valence-electron chi connectivity index (χ1n) is 13.8. The van der Waals surface area contributed by atoms with Crippen molar-refractivity contribution in [3.05, 3.63) is 60.2 Å². The van der Waals surface area contributed by atoms with Crippen molar-refractivity contribution in [1.29, 1.82) is 0 Å². The molecule has 3 amide bonds. The van der Waals surface area contributed by atoms with Gasteiger partial charge in [-0.3, -0.25) is 14.4 Å². The van der Waals surface area contributed by atoms with Crippen molar-refractivity contribution in [1.82, 2.24) is 10.2 Å². The molecule has 1 spiro atoms. The van der Waals surface area contributed by atoms with Gasteiger partial charge >= 0.3 is 0 Å². The van der Waals surface area contributed by atoms with Crippen LogP contribution in [0.4, 0.5) is 5.69 Å². The van der Waals surface area contributed by atoms with Gasteiger partial charge in [-0.25, -0.2) is 0 Å². The fourth-order valence-electron chi connectivity index (χ4n) is 6.66. The minimum Gasteiger partial charge on any atom is -0.494 e. The van der Waals surface area contributed by atoms with E-state index in [1.807, 2.05) is 49.4 Å². The third-order valence-corrected chi connectivity index (χ3v) is 10.3. The van der Waals surface area contributed by atoms with Gasteiger partial charge < -0.3 is 25.4 Å². The Morgan fingerprint density at radius 3 is 2.51 bits per heavy atom. The summed E-state index contributed by atoms with van der Waals surface area (Å²) in [5.41, 5.74) is 1.63. The molecule has 2 aromatic rings. The Labute approximate surface area is 233 Å². The summed E-state index contributed by atoms with van der Waals surface area (Å²) in [5, 5.41) is 15.5. The van der Waals surface area contributed by atoms with Gasteiger partial charge in [0.2, 0.25) is 17.7 Å². The molecule has 0 radical (unpaired) electrons. The molecule has 3 fully saturated rings. The zero-order chi connectivity index (χ0) is 27.6. The molecular weight excluding hydrogens is 514 g/mol. The van der Waals surface area contributed by atoms with E-state index in [4.69, 9.17) is 4.74 Å². The number of hydrogen-bond acceptors (Lipinski definition) is 6. The van der Waals surface area contributed by atoms with Crippen molar-refractivity contribution in [2.24, 2.45) is 11.8 Å². The van der Waals surface area contributed by atoms with Crippen LogP contribution in [0.5, 0.6) is 5.75 Å². The van der Waals surface area contributed by atoms with Gasteiger partial charge in [-0.05, 0) is 69.4 Å². The van der Waals surface area contributed by atoms with Crippen LogP contribution in [0.3, 0.4) is 0 Å². The number of amides is 3. The fraction of sp³-hybridized carbons (Fsp3) is 0.500. The highest BCUT2D eigenvalue weighted by Gasteiger charge is 2.76. The quantitative estimate of drug-likeness (QED) is 0.369. The minimum absolute atomic E-state index is 0.0292. The number of unbranched alkanes of at least 4 members (excludes halogenated alkanes) is 1. The first-order valence-corrected chi connectivity index (χ1v) is 14.6. The summed E-state index contributed by atoms with van der Waals surface area (Å²) in [6.07, 6.45) is 2.61. The Hall–Kier alpha value is -3.04. The van der Waals surface area contributed by atoms with Crippen LogP contribution in [0.1, 0.15) is 45.1 Å². The molecule has 39 heavy (non-hydrogen) atoms. The van der Waals surface area contributed by atoms with Gasteiger partial charge in [0.15, 0.2) is 0 Å². The SMILES string of the molecule is CCOc1ccc(NC(=O)[C@H]2[C@H]3C(=O)N(CCCCO)C(C(=O)NCc4ccccc4)C34CC[C@]2(C)S4)cc1. The summed E-state index contributed by atoms with van der Waals surface area (Å²) < 4.78 is 4.41. The Kier molecular flexibility index (Phi) is 7.91. The lowest BCUT2D eigenvalue weighted by Gasteiger charge is -2.34. The highest BCUT2D eigenvalue weighted by Crippen LogP contribution is 2.71. The van der Waals surface area contributed by atoms with Gasteiger partial charge in [0, 0.05) is 30.1 Å². The second-order valence-corrected chi connectivity index (χ2v) is 12.7. The number of nitrogens with one attached hydrogen (secondary N) is 2. The number of fused-ring (bicyclic) bond motifs is 1. The molecule has 2 unspecified atom stereocenters. The van der Waals surface area contributed by atoms with Crippen molar-refractivity contribution < 1.29 is 24.2 Å². The van der Waals surface area contributed by atoms with Crippen molar-refractivity contribution in [3.63, 3.8) is 0 Å². The highest BCUT2D eigenvalue weighted by molar-refractivity contribution is 8.02. The van der Waals surface area contributed by atoms with E-state index in [-0.39, 0.29) is 24.3 Å². The predicted octanol–water partition coefficient (Wildman–Crippen LogP) is 3.59. The smallest absolute Gasteiger partial charge is 0.244 e. The van der Waals surface area contributed by atoms with Gasteiger partial charge in [-0.1, -0.05) is 30.3 Å². The van der Waals surface area contributed by atoms with Crippen LogP contribution < -0.4 is 15.4 Å². The largest absolute Gasteiger partial charge is 0.494 e. The molecule has 9 heteroatoms. The van der Waals surface area contributed by atoms with Gasteiger partial charge in [0.25, 0.3) is 0 Å². The average molecular weight is 552 g/mol. The summed E-state index contributed by atoms with van der Waals surface area (Å²) >= 11 is 1.66. The van der Waals surface area contributed by atoms with Gasteiger partial charge in [-0.2, -0.15) is 0 Å². The lowest BCUT2D eigenvalue weighted by atomic mass is 9.66. The van der Waals surface area contributed by atoms with Crippen LogP contribution in [-0.4, -0.2) is 63.0 Å². The van der Waals surface area contributed by atoms with Gasteiger partial charge in [0.1, 0.15) is 11.8 Å². The molecule has 3 N–H and O–H groups in total. The molecule has 3 aliphatic heterocycles. The van der Waals surface area contributed by atoms with E-state index in [9.17, 15) is 19.5 Å². The van der Waals surface area contributed by atoms with Crippen molar-refractivity contribution >= 4 is 35.2 Å². The van der Waals surface area contributed by atoms with Crippen molar-refractivity contribution in [2.75, 3.05) is 25.1 Å². The number of rotatable bonds is 11. The summed E-state index contributed by atoms with van der Waals surface area (Å²) in [4.78, 5) is 43.4. The van der Waals surface area contributed by atoms with Crippen molar-refractivity contribution in [3.8, 4) is 5.75 Å². The lowest BCUT2D eigenvalue weighted by molar-refractivity contribution is -0.139. The Balaban J connectivity index is 1.41. The number of aliphatic hydroxyl groups is 1. The van der Waals surface area contributed by atoms with E-state index in [0.29, 0.717) is 44.6 Å². The third kappa shape index (κ3) is 5.02. The Morgan fingerprint density at radius 1 is 1.08 bits per heavy atom. The number of likely N-dealkylation sites (tertiary alicyclic amines) is 1. The summed E-state index contributed by atoms with van der Waals surface area (Å²) in [6.45, 7) is 5.33. The topological polar surface area (TPSA) is 108 Å². The summed E-state index contributed by atoms with van der Waals surface area (Å²) in [6, 6.07) is 16.3. The number of ether oxygens (including phenoxy) is 1. The molecule has 2 aromatic carbocycles. The Bertz CT molecular complexity index is 1210. The highest BCUT2D eigenvalue weighted by atomic mass is 32.2. The molecule has 208 valence electrons. The molecule has 0 aliphatic carbocycles. The maximum absolute atomic E-state index is 14.1. The molecule has 0 saturated carbocycles. The predicted molar refractivity (Wildman–Crippen MR) is 151 cm³/mol. The number of hydrogen-bond donors (Lipinski definition) is 3. The Morgan fingerprint density at radius 2 is 1.82 bits per heavy atom. The summed E-state index contributed by atoms with van der Waals surface area (Å²) in [7, 11) is 0. The van der Waals surface area contributed by atoms with Crippen LogP contribution in [0.2, 0.25) is 0 Å². The van der Waals surface area contributed by atoms with E-state index in [1.54, 1.807) is 28.8 Å². The number of thioether (sulfide) groups is 1. The zero-order valence-electron chi connectivity index (χ0n) is 22.5.